The van der Waals surface area contributed by atoms with Gasteiger partial charge in [0.15, 0.2) is 0 Å². The van der Waals surface area contributed by atoms with Gasteiger partial charge < -0.3 is 4.18 Å². The standard InChI is InChI=1S/C24H27I3O6S2/c25-17-11-21(26)23(27)22(12-17)35(31,32)33-18-13-19(15-7-3-1-4-8-15)24(34(28,29)30)20(14-18)16-9-5-2-6-10-16/h11-16H,1-10H2,(H,28,29,30). The molecule has 11 heteroatoms. The van der Waals surface area contributed by atoms with Gasteiger partial charge in [-0.3, -0.25) is 4.55 Å². The fourth-order valence-electron chi connectivity index (χ4n) is 5.31. The van der Waals surface area contributed by atoms with Gasteiger partial charge in [-0.2, -0.15) is 16.8 Å². The first kappa shape index (κ1) is 28.3. The smallest absolute Gasteiger partial charge is 0.340 e. The van der Waals surface area contributed by atoms with Crippen LogP contribution in [0.5, 0.6) is 5.75 Å². The highest BCUT2D eigenvalue weighted by Gasteiger charge is 2.32. The minimum absolute atomic E-state index is 0.0283. The maximum Gasteiger partial charge on any atom is 0.340 e. The number of hydrogen-bond acceptors (Lipinski definition) is 5. The van der Waals surface area contributed by atoms with Gasteiger partial charge in [0, 0.05) is 10.7 Å². The lowest BCUT2D eigenvalue weighted by Gasteiger charge is -2.29. The molecule has 2 aliphatic carbocycles. The van der Waals surface area contributed by atoms with E-state index in [2.05, 4.69) is 45.2 Å². The lowest BCUT2D eigenvalue weighted by molar-refractivity contribution is 0.416. The lowest BCUT2D eigenvalue weighted by Crippen LogP contribution is -2.18. The molecule has 192 valence electrons. The number of hydrogen-bond donors (Lipinski definition) is 1. The molecule has 0 unspecified atom stereocenters. The molecule has 2 aliphatic rings. The summed E-state index contributed by atoms with van der Waals surface area (Å²) in [6.07, 6.45) is 9.25. The van der Waals surface area contributed by atoms with E-state index >= 15 is 0 Å². The third kappa shape index (κ3) is 6.66. The van der Waals surface area contributed by atoms with Crippen LogP contribution < -0.4 is 4.18 Å². The molecule has 0 radical (unpaired) electrons. The Balaban J connectivity index is 1.87. The van der Waals surface area contributed by atoms with Crippen LogP contribution in [0.4, 0.5) is 0 Å². The van der Waals surface area contributed by atoms with Gasteiger partial charge in [0.25, 0.3) is 10.1 Å². The first-order valence-electron chi connectivity index (χ1n) is 11.7. The van der Waals surface area contributed by atoms with Crippen molar-refractivity contribution in [2.75, 3.05) is 0 Å². The highest BCUT2D eigenvalue weighted by Crippen LogP contribution is 2.44. The Bertz CT molecular complexity index is 1270. The van der Waals surface area contributed by atoms with Crippen molar-refractivity contribution in [2.45, 2.75) is 85.8 Å². The summed E-state index contributed by atoms with van der Waals surface area (Å²) in [7, 11) is -8.66. The summed E-state index contributed by atoms with van der Waals surface area (Å²) in [6.45, 7) is 0. The maximum atomic E-state index is 13.4. The summed E-state index contributed by atoms with van der Waals surface area (Å²) in [5.41, 5.74) is 0.986. The van der Waals surface area contributed by atoms with Gasteiger partial charge in [-0.1, -0.05) is 38.5 Å². The summed E-state index contributed by atoms with van der Waals surface area (Å²) in [6, 6.07) is 6.55. The van der Waals surface area contributed by atoms with E-state index < -0.39 is 20.2 Å². The van der Waals surface area contributed by atoms with E-state index in [1.165, 1.54) is 12.1 Å². The van der Waals surface area contributed by atoms with Crippen LogP contribution in [-0.2, 0) is 20.2 Å². The van der Waals surface area contributed by atoms with Crippen LogP contribution in [0.15, 0.2) is 34.1 Å². The molecule has 1 N–H and O–H groups in total. The van der Waals surface area contributed by atoms with Crippen LogP contribution in [0.2, 0.25) is 0 Å². The minimum Gasteiger partial charge on any atom is -0.379 e. The van der Waals surface area contributed by atoms with E-state index in [4.69, 9.17) is 4.18 Å². The van der Waals surface area contributed by atoms with E-state index in [1.54, 1.807) is 6.07 Å². The van der Waals surface area contributed by atoms with Gasteiger partial charge in [0.05, 0.1) is 0 Å². The molecule has 0 spiro atoms. The van der Waals surface area contributed by atoms with Crippen molar-refractivity contribution in [3.05, 3.63) is 46.1 Å². The Labute approximate surface area is 248 Å². The van der Waals surface area contributed by atoms with Crippen molar-refractivity contribution < 1.29 is 25.6 Å². The van der Waals surface area contributed by atoms with Crippen molar-refractivity contribution in [1.82, 2.24) is 0 Å². The summed E-state index contributed by atoms with van der Waals surface area (Å²) in [4.78, 5) is 0.0612. The highest BCUT2D eigenvalue weighted by molar-refractivity contribution is 14.1. The second kappa shape index (κ2) is 11.6. The van der Waals surface area contributed by atoms with Crippen molar-refractivity contribution in [2.24, 2.45) is 0 Å². The van der Waals surface area contributed by atoms with Crippen LogP contribution in [0.3, 0.4) is 0 Å². The second-order valence-corrected chi connectivity index (χ2v) is 15.7. The van der Waals surface area contributed by atoms with E-state index in [9.17, 15) is 21.4 Å². The van der Waals surface area contributed by atoms with Crippen molar-refractivity contribution in [3.8, 4) is 5.75 Å². The van der Waals surface area contributed by atoms with Gasteiger partial charge in [0.1, 0.15) is 15.5 Å². The first-order chi connectivity index (χ1) is 16.5. The highest BCUT2D eigenvalue weighted by atomic mass is 127. The molecule has 4 rings (SSSR count). The van der Waals surface area contributed by atoms with Crippen LogP contribution in [0.1, 0.15) is 87.2 Å². The average molecular weight is 856 g/mol. The molecule has 2 fully saturated rings. The molecule has 0 bridgehead atoms. The van der Waals surface area contributed by atoms with Crippen molar-refractivity contribution >= 4 is 88.0 Å². The maximum absolute atomic E-state index is 13.4. The predicted octanol–water partition coefficient (Wildman–Crippen LogP) is 7.61. The Morgan fingerprint density at radius 2 is 1.23 bits per heavy atom. The monoisotopic (exact) mass is 856 g/mol. The molecule has 2 saturated carbocycles. The fraction of sp³-hybridized carbons (Fsp3) is 0.500. The SMILES string of the molecule is O=S(=O)(O)c1c(C2CCCCC2)cc(OS(=O)(=O)c2cc(I)cc(I)c2I)cc1C1CCCCC1. The van der Waals surface area contributed by atoms with Crippen molar-refractivity contribution in [1.29, 1.82) is 0 Å². The summed E-state index contributed by atoms with van der Waals surface area (Å²) < 4.78 is 70.3. The molecule has 2 aromatic rings. The number of rotatable bonds is 6. The summed E-state index contributed by atoms with van der Waals surface area (Å²) in [5.74, 6) is -0.00993. The quantitative estimate of drug-likeness (QED) is 0.139. The molecule has 0 aromatic heterocycles. The molecule has 0 saturated heterocycles. The minimum atomic E-state index is -4.50. The number of halogens is 3. The Kier molecular flexibility index (Phi) is 9.36. The van der Waals surface area contributed by atoms with Gasteiger partial charge >= 0.3 is 10.1 Å². The summed E-state index contributed by atoms with van der Waals surface area (Å²) >= 11 is 6.19. The first-order valence-corrected chi connectivity index (χ1v) is 17.8. The van der Waals surface area contributed by atoms with E-state index in [-0.39, 0.29) is 27.4 Å². The zero-order valence-corrected chi connectivity index (χ0v) is 27.1. The van der Waals surface area contributed by atoms with Crippen LogP contribution in [0.25, 0.3) is 0 Å². The molecular weight excluding hydrogens is 829 g/mol. The Hall–Kier alpha value is 0.290. The van der Waals surface area contributed by atoms with Crippen LogP contribution in [-0.4, -0.2) is 21.4 Å². The largest absolute Gasteiger partial charge is 0.379 e. The zero-order chi connectivity index (χ0) is 25.4. The molecule has 0 heterocycles. The molecule has 0 aliphatic heterocycles. The fourth-order valence-corrected chi connectivity index (χ4v) is 10.8. The lowest BCUT2D eigenvalue weighted by atomic mass is 9.79. The van der Waals surface area contributed by atoms with Crippen molar-refractivity contribution in [3.63, 3.8) is 0 Å². The third-order valence-electron chi connectivity index (χ3n) is 6.90. The third-order valence-corrected chi connectivity index (χ3v) is 13.2. The predicted molar refractivity (Wildman–Crippen MR) is 160 cm³/mol. The Morgan fingerprint density at radius 3 is 1.69 bits per heavy atom. The van der Waals surface area contributed by atoms with Gasteiger partial charge in [0.2, 0.25) is 0 Å². The topological polar surface area (TPSA) is 97.7 Å². The summed E-state index contributed by atoms with van der Waals surface area (Å²) in [5, 5.41) is 0. The molecule has 0 amide bonds. The van der Waals surface area contributed by atoms with E-state index in [0.29, 0.717) is 14.7 Å². The molecular formula is C24H27I3O6S2. The van der Waals surface area contributed by atoms with E-state index in [1.807, 2.05) is 28.7 Å². The Morgan fingerprint density at radius 1 is 0.743 bits per heavy atom. The van der Waals surface area contributed by atoms with Gasteiger partial charge in [-0.15, -0.1) is 0 Å². The number of benzene rings is 2. The normalized spacial score (nSPS) is 18.5. The van der Waals surface area contributed by atoms with E-state index in [0.717, 1.165) is 71.3 Å². The van der Waals surface area contributed by atoms with Gasteiger partial charge in [-0.05, 0) is 141 Å². The molecule has 2 aromatic carbocycles. The molecule has 0 atom stereocenters. The zero-order valence-electron chi connectivity index (χ0n) is 19.0. The van der Waals surface area contributed by atoms with Gasteiger partial charge in [-0.25, -0.2) is 0 Å². The molecule has 35 heavy (non-hydrogen) atoms. The van der Waals surface area contributed by atoms with Crippen LogP contribution in [0, 0.1) is 10.7 Å². The molecule has 6 nitrogen and oxygen atoms in total. The second-order valence-electron chi connectivity index (χ2n) is 9.31. The average Bonchev–Trinajstić information content (AvgIpc) is 2.81. The van der Waals surface area contributed by atoms with Crippen LogP contribution >= 0.6 is 67.8 Å².